The summed E-state index contributed by atoms with van der Waals surface area (Å²) < 4.78 is 7.67. The standard InChI is InChI=1S/C19H24N2O3/c1-11(2)12-8-13(19(3,4)5)16(22)15-17(23)14(9-24-18(12)15)21-7-6-20-10-21/h6-8,10-11,14,22H,9H2,1-5H3. The van der Waals surface area contributed by atoms with Crippen molar-refractivity contribution in [1.82, 2.24) is 9.55 Å². The van der Waals surface area contributed by atoms with Crippen molar-refractivity contribution >= 4 is 5.78 Å². The molecule has 1 aromatic heterocycles. The van der Waals surface area contributed by atoms with Crippen molar-refractivity contribution in [2.75, 3.05) is 6.61 Å². The molecule has 0 saturated heterocycles. The van der Waals surface area contributed by atoms with Gasteiger partial charge in [0, 0.05) is 18.0 Å². The van der Waals surface area contributed by atoms with Crippen molar-refractivity contribution in [2.24, 2.45) is 0 Å². The van der Waals surface area contributed by atoms with E-state index >= 15 is 0 Å². The Kier molecular flexibility index (Phi) is 3.90. The Balaban J connectivity index is 2.22. The molecule has 1 unspecified atom stereocenters. The quantitative estimate of drug-likeness (QED) is 0.910. The SMILES string of the molecule is CC(C)c1cc(C(C)(C)C)c(O)c2c1OCC(n1ccnc1)C2=O. The monoisotopic (exact) mass is 328 g/mol. The number of carbonyl (C=O) groups is 1. The number of ether oxygens (including phenoxy) is 1. The second-order valence-electron chi connectivity index (χ2n) is 7.67. The molecule has 0 aliphatic carbocycles. The molecular formula is C19H24N2O3. The molecule has 1 aliphatic heterocycles. The van der Waals surface area contributed by atoms with Crippen LogP contribution in [-0.4, -0.2) is 27.0 Å². The summed E-state index contributed by atoms with van der Waals surface area (Å²) in [5.74, 6) is 0.631. The number of hydrogen-bond acceptors (Lipinski definition) is 4. The first-order valence-corrected chi connectivity index (χ1v) is 8.26. The lowest BCUT2D eigenvalue weighted by molar-refractivity contribution is 0.0834. The number of nitrogens with zero attached hydrogens (tertiary/aromatic N) is 2. The van der Waals surface area contributed by atoms with Gasteiger partial charge in [0.25, 0.3) is 0 Å². The van der Waals surface area contributed by atoms with Gasteiger partial charge in [-0.1, -0.05) is 34.6 Å². The second-order valence-corrected chi connectivity index (χ2v) is 7.67. The number of aromatic nitrogens is 2. The molecule has 1 N–H and O–H groups in total. The zero-order chi connectivity index (χ0) is 17.6. The number of Topliss-reactive ketones (excluding diaryl/α,β-unsaturated/α-hetero) is 1. The molecule has 1 aromatic carbocycles. The molecule has 128 valence electrons. The fraction of sp³-hybridized carbons (Fsp3) is 0.474. The minimum Gasteiger partial charge on any atom is -0.507 e. The van der Waals surface area contributed by atoms with Gasteiger partial charge in [0.1, 0.15) is 29.7 Å². The molecule has 1 atom stereocenters. The number of carbonyl (C=O) groups excluding carboxylic acids is 1. The van der Waals surface area contributed by atoms with Gasteiger partial charge in [-0.05, 0) is 23.0 Å². The second kappa shape index (κ2) is 5.65. The summed E-state index contributed by atoms with van der Waals surface area (Å²) in [6.45, 7) is 10.5. The maximum atomic E-state index is 13.1. The van der Waals surface area contributed by atoms with E-state index in [9.17, 15) is 9.90 Å². The molecule has 2 aromatic rings. The Hall–Kier alpha value is -2.30. The molecule has 5 nitrogen and oxygen atoms in total. The van der Waals surface area contributed by atoms with Crippen LogP contribution < -0.4 is 4.74 Å². The topological polar surface area (TPSA) is 64.3 Å². The van der Waals surface area contributed by atoms with Gasteiger partial charge in [0.2, 0.25) is 0 Å². The van der Waals surface area contributed by atoms with Crippen molar-refractivity contribution in [3.63, 3.8) is 0 Å². The van der Waals surface area contributed by atoms with E-state index in [4.69, 9.17) is 4.74 Å². The van der Waals surface area contributed by atoms with Crippen LogP contribution in [0.15, 0.2) is 24.8 Å². The van der Waals surface area contributed by atoms with Gasteiger partial charge in [0.05, 0.1) is 6.33 Å². The van der Waals surface area contributed by atoms with Crippen LogP contribution in [0.3, 0.4) is 0 Å². The molecule has 0 saturated carbocycles. The lowest BCUT2D eigenvalue weighted by Gasteiger charge is -2.31. The summed E-state index contributed by atoms with van der Waals surface area (Å²) in [4.78, 5) is 17.1. The highest BCUT2D eigenvalue weighted by Gasteiger charge is 2.37. The van der Waals surface area contributed by atoms with Crippen LogP contribution in [0.25, 0.3) is 0 Å². The Morgan fingerprint density at radius 2 is 2.08 bits per heavy atom. The van der Waals surface area contributed by atoms with Gasteiger partial charge in [-0.3, -0.25) is 4.79 Å². The molecule has 0 bridgehead atoms. The summed E-state index contributed by atoms with van der Waals surface area (Å²) in [5.41, 5.74) is 1.76. The average Bonchev–Trinajstić information content (AvgIpc) is 2.99. The van der Waals surface area contributed by atoms with Crippen LogP contribution >= 0.6 is 0 Å². The number of imidazole rings is 1. The van der Waals surface area contributed by atoms with E-state index in [0.29, 0.717) is 11.3 Å². The molecule has 3 rings (SSSR count). The number of phenolic OH excluding ortho intramolecular Hbond substituents is 1. The van der Waals surface area contributed by atoms with Crippen molar-refractivity contribution < 1.29 is 14.6 Å². The van der Waals surface area contributed by atoms with Crippen molar-refractivity contribution in [2.45, 2.75) is 52.0 Å². The Labute approximate surface area is 142 Å². The fourth-order valence-corrected chi connectivity index (χ4v) is 3.14. The van der Waals surface area contributed by atoms with Gasteiger partial charge >= 0.3 is 0 Å². The maximum Gasteiger partial charge on any atom is 0.196 e. The van der Waals surface area contributed by atoms with Crippen LogP contribution in [-0.2, 0) is 5.41 Å². The van der Waals surface area contributed by atoms with Crippen LogP contribution in [0.2, 0.25) is 0 Å². The van der Waals surface area contributed by atoms with E-state index in [1.807, 2.05) is 26.8 Å². The van der Waals surface area contributed by atoms with Crippen molar-refractivity contribution in [1.29, 1.82) is 0 Å². The average molecular weight is 328 g/mol. The third kappa shape index (κ3) is 2.58. The number of hydrogen-bond donors (Lipinski definition) is 1. The predicted molar refractivity (Wildman–Crippen MR) is 92.0 cm³/mol. The summed E-state index contributed by atoms with van der Waals surface area (Å²) in [7, 11) is 0. The fourth-order valence-electron chi connectivity index (χ4n) is 3.14. The van der Waals surface area contributed by atoms with Gasteiger partial charge < -0.3 is 14.4 Å². The van der Waals surface area contributed by atoms with Crippen LogP contribution in [0.4, 0.5) is 0 Å². The number of fused-ring (bicyclic) bond motifs is 1. The lowest BCUT2D eigenvalue weighted by atomic mass is 9.80. The number of aromatic hydroxyl groups is 1. The molecular weight excluding hydrogens is 304 g/mol. The minimum atomic E-state index is -0.499. The molecule has 2 heterocycles. The predicted octanol–water partition coefficient (Wildman–Crippen LogP) is 3.83. The minimum absolute atomic E-state index is 0.0386. The van der Waals surface area contributed by atoms with E-state index in [1.54, 1.807) is 23.3 Å². The Bertz CT molecular complexity index is 771. The third-order valence-corrected chi connectivity index (χ3v) is 4.53. The summed E-state index contributed by atoms with van der Waals surface area (Å²) >= 11 is 0. The molecule has 24 heavy (non-hydrogen) atoms. The molecule has 0 amide bonds. The zero-order valence-electron chi connectivity index (χ0n) is 14.8. The Morgan fingerprint density at radius 1 is 1.38 bits per heavy atom. The summed E-state index contributed by atoms with van der Waals surface area (Å²) in [6.07, 6.45) is 4.98. The number of rotatable bonds is 2. The first-order chi connectivity index (χ1) is 11.2. The number of phenols is 1. The molecule has 0 radical (unpaired) electrons. The number of benzene rings is 1. The smallest absolute Gasteiger partial charge is 0.196 e. The lowest BCUT2D eigenvalue weighted by Crippen LogP contribution is -2.31. The van der Waals surface area contributed by atoms with Gasteiger partial charge in [-0.2, -0.15) is 0 Å². The van der Waals surface area contributed by atoms with Crippen LogP contribution in [0.5, 0.6) is 11.5 Å². The zero-order valence-corrected chi connectivity index (χ0v) is 14.8. The first-order valence-electron chi connectivity index (χ1n) is 8.26. The molecule has 5 heteroatoms. The summed E-state index contributed by atoms with van der Waals surface area (Å²) in [5, 5.41) is 10.8. The Morgan fingerprint density at radius 3 is 2.62 bits per heavy atom. The highest BCUT2D eigenvalue weighted by molar-refractivity contribution is 6.05. The molecule has 0 spiro atoms. The highest BCUT2D eigenvalue weighted by Crippen LogP contribution is 2.46. The van der Waals surface area contributed by atoms with Gasteiger partial charge in [0.15, 0.2) is 5.78 Å². The third-order valence-electron chi connectivity index (χ3n) is 4.53. The highest BCUT2D eigenvalue weighted by atomic mass is 16.5. The van der Waals surface area contributed by atoms with Crippen molar-refractivity contribution in [3.8, 4) is 11.5 Å². The van der Waals surface area contributed by atoms with E-state index < -0.39 is 6.04 Å². The molecule has 1 aliphatic rings. The van der Waals surface area contributed by atoms with E-state index in [-0.39, 0.29) is 29.5 Å². The van der Waals surface area contributed by atoms with Crippen LogP contribution in [0.1, 0.15) is 68.1 Å². The summed E-state index contributed by atoms with van der Waals surface area (Å²) in [6, 6.07) is 1.48. The normalized spacial score (nSPS) is 17.8. The molecule has 0 fully saturated rings. The van der Waals surface area contributed by atoms with E-state index in [2.05, 4.69) is 18.8 Å². The van der Waals surface area contributed by atoms with Crippen LogP contribution in [0, 0.1) is 0 Å². The maximum absolute atomic E-state index is 13.1. The van der Waals surface area contributed by atoms with E-state index in [0.717, 1.165) is 11.1 Å². The van der Waals surface area contributed by atoms with Gasteiger partial charge in [-0.15, -0.1) is 0 Å². The van der Waals surface area contributed by atoms with Gasteiger partial charge in [-0.25, -0.2) is 4.98 Å². The largest absolute Gasteiger partial charge is 0.507 e. The van der Waals surface area contributed by atoms with Crippen molar-refractivity contribution in [3.05, 3.63) is 41.5 Å². The van der Waals surface area contributed by atoms with E-state index in [1.165, 1.54) is 0 Å². The number of ketones is 1. The first kappa shape index (κ1) is 16.6.